The van der Waals surface area contributed by atoms with Crippen LogP contribution >= 0.6 is 0 Å². The first-order valence-corrected chi connectivity index (χ1v) is 7.29. The van der Waals surface area contributed by atoms with Gasteiger partial charge in [0.05, 0.1) is 17.9 Å². The standard InChI is InChI=1S/C15H25N3O2/c1-4-8-17-14-7-9-16-12-13(14)15(19)18(5-2)10-11-20-6-3/h7,9,12H,4-6,8,10-11H2,1-3H3,(H,16,17). The Balaban J connectivity index is 2.77. The summed E-state index contributed by atoms with van der Waals surface area (Å²) in [7, 11) is 0. The molecule has 0 unspecified atom stereocenters. The van der Waals surface area contributed by atoms with Crippen molar-refractivity contribution in [2.75, 3.05) is 38.2 Å². The lowest BCUT2D eigenvalue weighted by Crippen LogP contribution is -2.34. The molecule has 0 bridgehead atoms. The van der Waals surface area contributed by atoms with Gasteiger partial charge in [-0.05, 0) is 26.3 Å². The maximum Gasteiger partial charge on any atom is 0.257 e. The highest BCUT2D eigenvalue weighted by atomic mass is 16.5. The Morgan fingerprint density at radius 2 is 2.20 bits per heavy atom. The van der Waals surface area contributed by atoms with Crippen molar-refractivity contribution in [3.63, 3.8) is 0 Å². The number of amides is 1. The molecule has 0 aliphatic rings. The quantitative estimate of drug-likeness (QED) is 0.705. The number of likely N-dealkylation sites (N-methyl/N-ethyl adjacent to an activating group) is 1. The maximum absolute atomic E-state index is 12.5. The van der Waals surface area contributed by atoms with Gasteiger partial charge in [0.15, 0.2) is 0 Å². The van der Waals surface area contributed by atoms with Crippen LogP contribution in [0.1, 0.15) is 37.6 Å². The Kier molecular flexibility index (Phi) is 7.65. The molecule has 0 aliphatic carbocycles. The van der Waals surface area contributed by atoms with E-state index in [1.807, 2.05) is 19.9 Å². The average Bonchev–Trinajstić information content (AvgIpc) is 2.49. The van der Waals surface area contributed by atoms with Crippen LogP contribution in [0, 0.1) is 0 Å². The zero-order valence-corrected chi connectivity index (χ0v) is 12.7. The minimum atomic E-state index is -0.00101. The third-order valence-electron chi connectivity index (χ3n) is 3.00. The summed E-state index contributed by atoms with van der Waals surface area (Å²) in [6, 6.07) is 1.85. The summed E-state index contributed by atoms with van der Waals surface area (Å²) in [6.07, 6.45) is 4.34. The van der Waals surface area contributed by atoms with Crippen molar-refractivity contribution < 1.29 is 9.53 Å². The topological polar surface area (TPSA) is 54.5 Å². The van der Waals surface area contributed by atoms with E-state index in [0.29, 0.717) is 31.9 Å². The third kappa shape index (κ3) is 4.81. The molecule has 1 amide bonds. The minimum Gasteiger partial charge on any atom is -0.384 e. The summed E-state index contributed by atoms with van der Waals surface area (Å²) in [5.74, 6) is -0.00101. The highest BCUT2D eigenvalue weighted by Crippen LogP contribution is 2.16. The molecule has 5 nitrogen and oxygen atoms in total. The molecule has 0 atom stereocenters. The zero-order valence-electron chi connectivity index (χ0n) is 12.7. The van der Waals surface area contributed by atoms with Crippen LogP contribution < -0.4 is 5.32 Å². The van der Waals surface area contributed by atoms with E-state index in [2.05, 4.69) is 17.2 Å². The van der Waals surface area contributed by atoms with Crippen molar-refractivity contribution in [2.24, 2.45) is 0 Å². The molecule has 0 radical (unpaired) electrons. The van der Waals surface area contributed by atoms with Crippen LogP contribution in [-0.4, -0.2) is 48.6 Å². The van der Waals surface area contributed by atoms with Gasteiger partial charge >= 0.3 is 0 Å². The summed E-state index contributed by atoms with van der Waals surface area (Å²) in [4.78, 5) is 18.4. The molecular weight excluding hydrogens is 254 g/mol. The normalized spacial score (nSPS) is 10.3. The summed E-state index contributed by atoms with van der Waals surface area (Å²) >= 11 is 0. The number of rotatable bonds is 9. The number of pyridine rings is 1. The number of carbonyl (C=O) groups is 1. The molecule has 1 aromatic heterocycles. The molecule has 0 fully saturated rings. The van der Waals surface area contributed by atoms with E-state index in [1.165, 1.54) is 0 Å². The van der Waals surface area contributed by atoms with Crippen molar-refractivity contribution in [2.45, 2.75) is 27.2 Å². The molecule has 0 aromatic carbocycles. The Morgan fingerprint density at radius 1 is 1.40 bits per heavy atom. The summed E-state index contributed by atoms with van der Waals surface area (Å²) in [5.41, 5.74) is 1.47. The first-order chi connectivity index (χ1) is 9.74. The predicted molar refractivity (Wildman–Crippen MR) is 81.1 cm³/mol. The van der Waals surface area contributed by atoms with Crippen LogP contribution in [0.15, 0.2) is 18.5 Å². The Hall–Kier alpha value is -1.62. The first kappa shape index (κ1) is 16.4. The third-order valence-corrected chi connectivity index (χ3v) is 3.00. The molecule has 20 heavy (non-hydrogen) atoms. The average molecular weight is 279 g/mol. The van der Waals surface area contributed by atoms with Crippen LogP contribution in [0.25, 0.3) is 0 Å². The van der Waals surface area contributed by atoms with Crippen molar-refractivity contribution in [1.29, 1.82) is 0 Å². The molecule has 0 saturated carbocycles. The van der Waals surface area contributed by atoms with Gasteiger partial charge in [0.2, 0.25) is 0 Å². The lowest BCUT2D eigenvalue weighted by Gasteiger charge is -2.22. The van der Waals surface area contributed by atoms with E-state index in [1.54, 1.807) is 17.3 Å². The smallest absolute Gasteiger partial charge is 0.257 e. The minimum absolute atomic E-state index is 0.00101. The van der Waals surface area contributed by atoms with Gasteiger partial charge in [-0.15, -0.1) is 0 Å². The van der Waals surface area contributed by atoms with E-state index >= 15 is 0 Å². The van der Waals surface area contributed by atoms with E-state index < -0.39 is 0 Å². The Bertz CT molecular complexity index is 410. The van der Waals surface area contributed by atoms with Crippen LogP contribution in [0.2, 0.25) is 0 Å². The van der Waals surface area contributed by atoms with Gasteiger partial charge in [-0.2, -0.15) is 0 Å². The highest BCUT2D eigenvalue weighted by molar-refractivity contribution is 5.99. The molecule has 1 N–H and O–H groups in total. The van der Waals surface area contributed by atoms with E-state index in [-0.39, 0.29) is 5.91 Å². The second kappa shape index (κ2) is 9.31. The fraction of sp³-hybridized carbons (Fsp3) is 0.600. The first-order valence-electron chi connectivity index (χ1n) is 7.29. The van der Waals surface area contributed by atoms with Gasteiger partial charge in [-0.25, -0.2) is 0 Å². The van der Waals surface area contributed by atoms with Gasteiger partial charge in [-0.3, -0.25) is 9.78 Å². The monoisotopic (exact) mass is 279 g/mol. The van der Waals surface area contributed by atoms with Crippen LogP contribution in [0.4, 0.5) is 5.69 Å². The number of aromatic nitrogens is 1. The number of nitrogens with one attached hydrogen (secondary N) is 1. The van der Waals surface area contributed by atoms with E-state index in [0.717, 1.165) is 18.7 Å². The molecule has 5 heteroatoms. The molecule has 0 aliphatic heterocycles. The van der Waals surface area contributed by atoms with Gasteiger partial charge < -0.3 is 15.0 Å². The molecule has 1 aromatic rings. The highest BCUT2D eigenvalue weighted by Gasteiger charge is 2.17. The number of hydrogen-bond donors (Lipinski definition) is 1. The van der Waals surface area contributed by atoms with Crippen LogP contribution in [0.5, 0.6) is 0 Å². The SMILES string of the molecule is CCCNc1ccncc1C(=O)N(CC)CCOCC. The van der Waals surface area contributed by atoms with Crippen molar-refractivity contribution in [3.05, 3.63) is 24.0 Å². The van der Waals surface area contributed by atoms with Crippen molar-refractivity contribution in [1.82, 2.24) is 9.88 Å². The lowest BCUT2D eigenvalue weighted by atomic mass is 10.2. The van der Waals surface area contributed by atoms with E-state index in [9.17, 15) is 4.79 Å². The van der Waals surface area contributed by atoms with Crippen molar-refractivity contribution >= 4 is 11.6 Å². The molecular formula is C15H25N3O2. The summed E-state index contributed by atoms with van der Waals surface area (Å²) < 4.78 is 5.32. The number of ether oxygens (including phenoxy) is 1. The molecule has 0 spiro atoms. The second-order valence-electron chi connectivity index (χ2n) is 4.43. The molecule has 1 rings (SSSR count). The summed E-state index contributed by atoms with van der Waals surface area (Å²) in [6.45, 7) is 9.35. The number of anilines is 1. The maximum atomic E-state index is 12.5. The fourth-order valence-corrected chi connectivity index (χ4v) is 1.87. The number of hydrogen-bond acceptors (Lipinski definition) is 4. The zero-order chi connectivity index (χ0) is 14.8. The Morgan fingerprint density at radius 3 is 2.85 bits per heavy atom. The number of carbonyl (C=O) groups excluding carboxylic acids is 1. The fourth-order valence-electron chi connectivity index (χ4n) is 1.87. The predicted octanol–water partition coefficient (Wildman–Crippen LogP) is 2.40. The van der Waals surface area contributed by atoms with Gasteiger partial charge in [0, 0.05) is 38.6 Å². The van der Waals surface area contributed by atoms with Crippen molar-refractivity contribution in [3.8, 4) is 0 Å². The van der Waals surface area contributed by atoms with Gasteiger partial charge in [0.1, 0.15) is 0 Å². The lowest BCUT2D eigenvalue weighted by molar-refractivity contribution is 0.0669. The largest absolute Gasteiger partial charge is 0.384 e. The Labute approximate surface area is 121 Å². The molecule has 112 valence electrons. The molecule has 1 heterocycles. The van der Waals surface area contributed by atoms with Gasteiger partial charge in [-0.1, -0.05) is 6.92 Å². The van der Waals surface area contributed by atoms with Gasteiger partial charge in [0.25, 0.3) is 5.91 Å². The van der Waals surface area contributed by atoms with Crippen LogP contribution in [0.3, 0.4) is 0 Å². The number of nitrogens with zero attached hydrogens (tertiary/aromatic N) is 2. The molecule has 0 saturated heterocycles. The van der Waals surface area contributed by atoms with E-state index in [4.69, 9.17) is 4.74 Å². The van der Waals surface area contributed by atoms with Crippen LogP contribution in [-0.2, 0) is 4.74 Å². The summed E-state index contributed by atoms with van der Waals surface area (Å²) in [5, 5.41) is 3.27. The second-order valence-corrected chi connectivity index (χ2v) is 4.43.